The molecular weight excluding hydrogens is 490 g/mol. The number of unbranched alkanes of at least 4 members (excludes halogenated alkanes) is 7. The van der Waals surface area contributed by atoms with Crippen molar-refractivity contribution in [2.24, 2.45) is 0 Å². The van der Waals surface area contributed by atoms with Gasteiger partial charge in [0.05, 0.1) is 6.61 Å². The minimum Gasteiger partial charge on any atom is -0.459 e. The van der Waals surface area contributed by atoms with Gasteiger partial charge >= 0.3 is 18.3 Å². The van der Waals surface area contributed by atoms with Gasteiger partial charge in [0.1, 0.15) is 19.8 Å². The molecule has 2 rings (SSSR count). The summed E-state index contributed by atoms with van der Waals surface area (Å²) in [5, 5.41) is 0. The van der Waals surface area contributed by atoms with E-state index in [-0.39, 0.29) is 19.8 Å². The molecule has 1 atom stereocenters. The summed E-state index contributed by atoms with van der Waals surface area (Å²) in [7, 11) is 0. The predicted octanol–water partition coefficient (Wildman–Crippen LogP) is 6.25. The van der Waals surface area contributed by atoms with Gasteiger partial charge in [-0.1, -0.05) is 113 Å². The highest BCUT2D eigenvalue weighted by Crippen LogP contribution is 2.09. The fraction of sp³-hybridized carbons (Fsp3) is 0.483. The molecule has 0 spiro atoms. The van der Waals surface area contributed by atoms with Crippen molar-refractivity contribution in [2.75, 3.05) is 13.2 Å². The number of carbonyl (C=O) groups excluding carboxylic acids is 3. The molecule has 9 nitrogen and oxygen atoms in total. The minimum atomic E-state index is -1.28. The quantitative estimate of drug-likeness (QED) is 0.104. The van der Waals surface area contributed by atoms with Crippen molar-refractivity contribution in [2.45, 2.75) is 77.5 Å². The monoisotopic (exact) mass is 529 g/mol. The highest BCUT2D eigenvalue weighted by Gasteiger charge is 2.25. The third-order valence-corrected chi connectivity index (χ3v) is 5.58. The van der Waals surface area contributed by atoms with E-state index in [4.69, 9.17) is 23.8 Å². The van der Waals surface area contributed by atoms with Crippen molar-refractivity contribution in [3.05, 3.63) is 71.8 Å². The van der Waals surface area contributed by atoms with Gasteiger partial charge < -0.3 is 23.8 Å². The number of benzene rings is 2. The lowest BCUT2D eigenvalue weighted by molar-refractivity contribution is -0.152. The zero-order valence-electron chi connectivity index (χ0n) is 22.1. The molecule has 0 aliphatic rings. The van der Waals surface area contributed by atoms with Crippen molar-refractivity contribution in [3.8, 4) is 0 Å². The molecule has 0 bridgehead atoms. The third kappa shape index (κ3) is 14.2. The van der Waals surface area contributed by atoms with Gasteiger partial charge in [0, 0.05) is 0 Å². The van der Waals surface area contributed by atoms with E-state index < -0.39 is 30.9 Å². The van der Waals surface area contributed by atoms with Crippen LogP contribution in [-0.4, -0.2) is 37.5 Å². The van der Waals surface area contributed by atoms with Crippen molar-refractivity contribution in [1.82, 2.24) is 5.48 Å². The van der Waals surface area contributed by atoms with Crippen LogP contribution < -0.4 is 5.48 Å². The molecule has 1 N–H and O–H groups in total. The van der Waals surface area contributed by atoms with Crippen LogP contribution in [-0.2, 0) is 41.8 Å². The molecule has 2 aromatic rings. The summed E-state index contributed by atoms with van der Waals surface area (Å²) in [5.74, 6) is -0.777. The average molecular weight is 530 g/mol. The molecule has 9 heteroatoms. The second-order valence-electron chi connectivity index (χ2n) is 8.77. The van der Waals surface area contributed by atoms with Crippen LogP contribution in [0.5, 0.6) is 0 Å². The van der Waals surface area contributed by atoms with E-state index in [1.165, 1.54) is 32.1 Å². The first-order valence-corrected chi connectivity index (χ1v) is 13.2. The third-order valence-electron chi connectivity index (χ3n) is 5.58. The van der Waals surface area contributed by atoms with Gasteiger partial charge in [0.15, 0.2) is 6.04 Å². The summed E-state index contributed by atoms with van der Waals surface area (Å²) < 4.78 is 20.4. The zero-order chi connectivity index (χ0) is 27.3. The molecule has 0 aliphatic carbocycles. The summed E-state index contributed by atoms with van der Waals surface area (Å²) in [6.07, 6.45) is 6.99. The zero-order valence-corrected chi connectivity index (χ0v) is 22.1. The van der Waals surface area contributed by atoms with Crippen molar-refractivity contribution >= 4 is 18.3 Å². The van der Waals surface area contributed by atoms with E-state index in [9.17, 15) is 14.4 Å². The van der Waals surface area contributed by atoms with Crippen LogP contribution in [0.4, 0.5) is 9.59 Å². The maximum absolute atomic E-state index is 12.6. The molecule has 2 aromatic carbocycles. The van der Waals surface area contributed by atoms with Crippen LogP contribution in [0.25, 0.3) is 0 Å². The summed E-state index contributed by atoms with van der Waals surface area (Å²) in [6, 6.07) is 16.8. The van der Waals surface area contributed by atoms with Crippen LogP contribution in [0, 0.1) is 0 Å². The summed E-state index contributed by atoms with van der Waals surface area (Å²) in [6.45, 7) is 1.95. The normalized spacial score (nSPS) is 11.3. The fourth-order valence-corrected chi connectivity index (χ4v) is 3.43. The second-order valence-corrected chi connectivity index (χ2v) is 8.77. The fourth-order valence-electron chi connectivity index (χ4n) is 3.43. The Kier molecular flexibility index (Phi) is 15.7. The number of hydroxylamine groups is 1. The number of carbonyl (C=O) groups is 3. The molecule has 0 amide bonds. The van der Waals surface area contributed by atoms with Gasteiger partial charge in [-0.25, -0.2) is 9.59 Å². The number of hydrogen-bond donors (Lipinski definition) is 1. The van der Waals surface area contributed by atoms with Crippen LogP contribution in [0.15, 0.2) is 60.7 Å². The molecule has 0 saturated heterocycles. The lowest BCUT2D eigenvalue weighted by atomic mass is 10.1. The van der Waals surface area contributed by atoms with Gasteiger partial charge in [-0.2, -0.15) is 0 Å². The summed E-state index contributed by atoms with van der Waals surface area (Å²) in [5.41, 5.74) is 3.81. The Bertz CT molecular complexity index is 923. The van der Waals surface area contributed by atoms with Crippen LogP contribution in [0.1, 0.15) is 69.4 Å². The van der Waals surface area contributed by atoms with E-state index in [0.717, 1.165) is 30.4 Å². The SMILES string of the molecule is CCCCCCCCCCOC(=O)OCC(NOC(=O)OCc1ccccc1)C(=O)OCc1ccccc1. The molecule has 0 radical (unpaired) electrons. The largest absolute Gasteiger partial charge is 0.528 e. The standard InChI is InChI=1S/C29H39NO8/c1-2-3-4-5-6-7-8-15-20-34-28(32)37-23-26(27(31)35-21-24-16-11-9-12-17-24)30-38-29(33)36-22-25-18-13-10-14-19-25/h9-14,16-19,26,30H,2-8,15,20-23H2,1H3. The molecular formula is C29H39NO8. The van der Waals surface area contributed by atoms with Crippen molar-refractivity contribution in [3.63, 3.8) is 0 Å². The van der Waals surface area contributed by atoms with Gasteiger partial charge in [0.2, 0.25) is 0 Å². The van der Waals surface area contributed by atoms with Crippen LogP contribution >= 0.6 is 0 Å². The summed E-state index contributed by atoms with van der Waals surface area (Å²) >= 11 is 0. The van der Waals surface area contributed by atoms with Gasteiger partial charge in [-0.05, 0) is 17.5 Å². The first-order chi connectivity index (χ1) is 18.6. The molecule has 0 aliphatic heterocycles. The van der Waals surface area contributed by atoms with Crippen molar-refractivity contribution in [1.29, 1.82) is 0 Å². The molecule has 208 valence electrons. The Hall–Kier alpha value is -3.59. The number of esters is 1. The Morgan fingerprint density at radius 2 is 1.21 bits per heavy atom. The highest BCUT2D eigenvalue weighted by molar-refractivity contribution is 5.76. The van der Waals surface area contributed by atoms with E-state index in [0.29, 0.717) is 0 Å². The molecule has 0 fully saturated rings. The predicted molar refractivity (Wildman–Crippen MR) is 141 cm³/mol. The first kappa shape index (κ1) is 30.6. The molecule has 0 saturated carbocycles. The molecule has 1 unspecified atom stereocenters. The number of ether oxygens (including phenoxy) is 4. The smallest absolute Gasteiger partial charge is 0.459 e. The Morgan fingerprint density at radius 1 is 0.658 bits per heavy atom. The number of hydrogen-bond acceptors (Lipinski definition) is 9. The molecule has 0 heterocycles. The van der Waals surface area contributed by atoms with Gasteiger partial charge in [-0.3, -0.25) is 4.79 Å². The molecule has 0 aromatic heterocycles. The lowest BCUT2D eigenvalue weighted by Crippen LogP contribution is -2.43. The van der Waals surface area contributed by atoms with Crippen LogP contribution in [0.2, 0.25) is 0 Å². The maximum atomic E-state index is 12.6. The second kappa shape index (κ2) is 19.5. The lowest BCUT2D eigenvalue weighted by Gasteiger charge is -2.17. The van der Waals surface area contributed by atoms with Gasteiger partial charge in [0.25, 0.3) is 0 Å². The number of nitrogens with one attached hydrogen (secondary N) is 1. The number of rotatable bonds is 18. The van der Waals surface area contributed by atoms with Crippen LogP contribution in [0.3, 0.4) is 0 Å². The highest BCUT2D eigenvalue weighted by atomic mass is 16.8. The maximum Gasteiger partial charge on any atom is 0.528 e. The molecule has 38 heavy (non-hydrogen) atoms. The van der Waals surface area contributed by atoms with E-state index in [1.807, 2.05) is 36.4 Å². The van der Waals surface area contributed by atoms with E-state index >= 15 is 0 Å². The Morgan fingerprint density at radius 3 is 1.82 bits per heavy atom. The minimum absolute atomic E-state index is 0.000796. The Labute approximate surface area is 224 Å². The topological polar surface area (TPSA) is 109 Å². The van der Waals surface area contributed by atoms with E-state index in [1.54, 1.807) is 24.3 Å². The first-order valence-electron chi connectivity index (χ1n) is 13.2. The summed E-state index contributed by atoms with van der Waals surface area (Å²) in [4.78, 5) is 41.4. The Balaban J connectivity index is 1.73. The van der Waals surface area contributed by atoms with Crippen molar-refractivity contribution < 1.29 is 38.2 Å². The van der Waals surface area contributed by atoms with E-state index in [2.05, 4.69) is 12.4 Å². The van der Waals surface area contributed by atoms with Gasteiger partial charge in [-0.15, -0.1) is 5.48 Å². The average Bonchev–Trinajstić information content (AvgIpc) is 2.95.